The normalized spacial score (nSPS) is 23.2. The Morgan fingerprint density at radius 3 is 2.41 bits per heavy atom. The van der Waals surface area contributed by atoms with Crippen molar-refractivity contribution in [3.05, 3.63) is 65.7 Å². The zero-order chi connectivity index (χ0) is 22.2. The molecule has 1 atom stereocenters. The predicted octanol–water partition coefficient (Wildman–Crippen LogP) is 8.80. The summed E-state index contributed by atoms with van der Waals surface area (Å²) < 4.78 is 5.83. The molecule has 0 heterocycles. The van der Waals surface area contributed by atoms with Crippen LogP contribution in [0.25, 0.3) is 11.1 Å². The van der Waals surface area contributed by atoms with Gasteiger partial charge in [0, 0.05) is 0 Å². The van der Waals surface area contributed by atoms with Crippen molar-refractivity contribution in [1.82, 2.24) is 0 Å². The van der Waals surface area contributed by atoms with Crippen LogP contribution in [0.3, 0.4) is 0 Å². The smallest absolute Gasteiger partial charge is 0.119 e. The van der Waals surface area contributed by atoms with Crippen LogP contribution >= 0.6 is 0 Å². The lowest BCUT2D eigenvalue weighted by molar-refractivity contribution is 0.185. The Hall–Kier alpha value is -2.02. The summed E-state index contributed by atoms with van der Waals surface area (Å²) in [6.07, 6.45) is 19.3. The van der Waals surface area contributed by atoms with E-state index in [1.165, 1.54) is 75.3 Å². The minimum atomic E-state index is 0.813. The molecule has 2 aliphatic carbocycles. The van der Waals surface area contributed by atoms with Crippen molar-refractivity contribution in [3.8, 4) is 16.9 Å². The molecule has 1 heteroatoms. The minimum absolute atomic E-state index is 0.813. The first-order chi connectivity index (χ1) is 15.8. The predicted molar refractivity (Wildman–Crippen MR) is 137 cm³/mol. The number of aryl methyl sites for hydroxylation is 1. The Morgan fingerprint density at radius 1 is 0.875 bits per heavy atom. The number of allylic oxidation sites excluding steroid dienone is 2. The first-order valence-corrected chi connectivity index (χ1v) is 13.2. The summed E-state index contributed by atoms with van der Waals surface area (Å²) >= 11 is 0. The maximum absolute atomic E-state index is 5.83. The SMILES string of the molecule is C/C=C/CCC1CCC(C2CCc3cc(-c4ccc(OCCCC)cc4)ccc3C2)CC1. The first kappa shape index (κ1) is 23.1. The van der Waals surface area contributed by atoms with Crippen molar-refractivity contribution in [2.45, 2.75) is 84.5 Å². The van der Waals surface area contributed by atoms with Gasteiger partial charge in [0.25, 0.3) is 0 Å². The van der Waals surface area contributed by atoms with E-state index in [4.69, 9.17) is 4.74 Å². The number of ether oxygens (including phenoxy) is 1. The summed E-state index contributed by atoms with van der Waals surface area (Å²) in [5, 5.41) is 0. The maximum Gasteiger partial charge on any atom is 0.119 e. The molecule has 0 bridgehead atoms. The van der Waals surface area contributed by atoms with E-state index in [1.54, 1.807) is 11.1 Å². The number of hydrogen-bond acceptors (Lipinski definition) is 1. The highest BCUT2D eigenvalue weighted by Gasteiger charge is 2.30. The number of hydrogen-bond donors (Lipinski definition) is 0. The van der Waals surface area contributed by atoms with Gasteiger partial charge in [0.05, 0.1) is 6.61 Å². The second kappa shape index (κ2) is 11.7. The summed E-state index contributed by atoms with van der Waals surface area (Å²) in [7, 11) is 0. The average Bonchev–Trinajstić information content (AvgIpc) is 2.85. The standard InChI is InChI=1S/C31H42O/c1-3-5-7-8-24-9-11-25(12-10-24)27-13-15-30-23-28(14-16-29(30)22-27)26-17-19-31(20-18-26)32-21-6-4-2/h3,5,14,16-20,23-25,27H,4,6-13,15,21-22H2,1-2H3/b5-3+. The summed E-state index contributed by atoms with van der Waals surface area (Å²) in [6, 6.07) is 15.9. The van der Waals surface area contributed by atoms with Gasteiger partial charge in [-0.05, 0) is 110 Å². The fraction of sp³-hybridized carbons (Fsp3) is 0.548. The van der Waals surface area contributed by atoms with Crippen LogP contribution in [0.4, 0.5) is 0 Å². The van der Waals surface area contributed by atoms with Gasteiger partial charge in [-0.25, -0.2) is 0 Å². The zero-order valence-corrected chi connectivity index (χ0v) is 20.3. The quantitative estimate of drug-likeness (QED) is 0.285. The fourth-order valence-electron chi connectivity index (χ4n) is 5.89. The largest absolute Gasteiger partial charge is 0.494 e. The molecule has 0 N–H and O–H groups in total. The number of rotatable bonds is 9. The Labute approximate surface area is 196 Å². The van der Waals surface area contributed by atoms with Crippen LogP contribution in [-0.2, 0) is 12.8 Å². The Morgan fingerprint density at radius 2 is 1.66 bits per heavy atom. The molecule has 1 saturated carbocycles. The molecular formula is C31H42O. The van der Waals surface area contributed by atoms with Gasteiger partial charge in [-0.3, -0.25) is 0 Å². The molecule has 172 valence electrons. The molecule has 1 unspecified atom stereocenters. The lowest BCUT2D eigenvalue weighted by Gasteiger charge is -2.36. The molecule has 2 aromatic rings. The molecule has 0 saturated heterocycles. The van der Waals surface area contributed by atoms with Crippen molar-refractivity contribution in [1.29, 1.82) is 0 Å². The maximum atomic E-state index is 5.83. The van der Waals surface area contributed by atoms with Crippen molar-refractivity contribution < 1.29 is 4.74 Å². The Balaban J connectivity index is 1.32. The molecular weight excluding hydrogens is 388 g/mol. The number of benzene rings is 2. The lowest BCUT2D eigenvalue weighted by atomic mass is 9.69. The van der Waals surface area contributed by atoms with E-state index in [-0.39, 0.29) is 0 Å². The molecule has 0 aliphatic heterocycles. The third-order valence-electron chi connectivity index (χ3n) is 7.96. The van der Waals surface area contributed by atoms with E-state index in [1.807, 2.05) is 0 Å². The van der Waals surface area contributed by atoms with Crippen molar-refractivity contribution >= 4 is 0 Å². The van der Waals surface area contributed by atoms with Crippen LogP contribution in [0.2, 0.25) is 0 Å². The Kier molecular flexibility index (Phi) is 8.49. The summed E-state index contributed by atoms with van der Waals surface area (Å²) in [5.74, 6) is 3.83. The third kappa shape index (κ3) is 6.06. The first-order valence-electron chi connectivity index (χ1n) is 13.2. The second-order valence-electron chi connectivity index (χ2n) is 10.1. The summed E-state index contributed by atoms with van der Waals surface area (Å²) in [4.78, 5) is 0. The van der Waals surface area contributed by atoms with E-state index < -0.39 is 0 Å². The molecule has 1 fully saturated rings. The van der Waals surface area contributed by atoms with Crippen molar-refractivity contribution in [3.63, 3.8) is 0 Å². The molecule has 4 rings (SSSR count). The Bertz CT molecular complexity index is 855. The van der Waals surface area contributed by atoms with Gasteiger partial charge in [0.2, 0.25) is 0 Å². The van der Waals surface area contributed by atoms with Crippen molar-refractivity contribution in [2.24, 2.45) is 17.8 Å². The third-order valence-corrected chi connectivity index (χ3v) is 7.96. The van der Waals surface area contributed by atoms with Gasteiger partial charge in [-0.15, -0.1) is 0 Å². The number of unbranched alkanes of at least 4 members (excludes halogenated alkanes) is 1. The molecule has 2 aromatic carbocycles. The van der Waals surface area contributed by atoms with E-state index >= 15 is 0 Å². The van der Waals surface area contributed by atoms with E-state index in [0.717, 1.165) is 36.5 Å². The van der Waals surface area contributed by atoms with Gasteiger partial charge in [0.1, 0.15) is 5.75 Å². The lowest BCUT2D eigenvalue weighted by Crippen LogP contribution is -2.26. The van der Waals surface area contributed by atoms with Crippen LogP contribution in [0.15, 0.2) is 54.6 Å². The monoisotopic (exact) mass is 430 g/mol. The van der Waals surface area contributed by atoms with Crippen LogP contribution in [-0.4, -0.2) is 6.61 Å². The molecule has 2 aliphatic rings. The minimum Gasteiger partial charge on any atom is -0.494 e. The highest BCUT2D eigenvalue weighted by molar-refractivity contribution is 5.66. The number of fused-ring (bicyclic) bond motifs is 1. The van der Waals surface area contributed by atoms with Gasteiger partial charge < -0.3 is 4.74 Å². The van der Waals surface area contributed by atoms with Gasteiger partial charge in [-0.2, -0.15) is 0 Å². The molecule has 0 amide bonds. The topological polar surface area (TPSA) is 9.23 Å². The molecule has 1 nitrogen and oxygen atoms in total. The van der Waals surface area contributed by atoms with Crippen LogP contribution < -0.4 is 4.74 Å². The average molecular weight is 431 g/mol. The van der Waals surface area contributed by atoms with E-state index in [0.29, 0.717) is 0 Å². The highest BCUT2D eigenvalue weighted by Crippen LogP contribution is 2.41. The molecule has 0 radical (unpaired) electrons. The zero-order valence-electron chi connectivity index (χ0n) is 20.3. The van der Waals surface area contributed by atoms with E-state index in [9.17, 15) is 0 Å². The highest BCUT2D eigenvalue weighted by atomic mass is 16.5. The molecule has 0 spiro atoms. The van der Waals surface area contributed by atoms with Gasteiger partial charge in [-0.1, -0.05) is 68.7 Å². The van der Waals surface area contributed by atoms with E-state index in [2.05, 4.69) is 68.5 Å². The van der Waals surface area contributed by atoms with Crippen LogP contribution in [0.5, 0.6) is 5.75 Å². The summed E-state index contributed by atoms with van der Waals surface area (Å²) in [5.41, 5.74) is 5.85. The van der Waals surface area contributed by atoms with Crippen molar-refractivity contribution in [2.75, 3.05) is 6.61 Å². The molecule has 32 heavy (non-hydrogen) atoms. The second-order valence-corrected chi connectivity index (χ2v) is 10.1. The van der Waals surface area contributed by atoms with Gasteiger partial charge >= 0.3 is 0 Å². The fourth-order valence-corrected chi connectivity index (χ4v) is 5.89. The van der Waals surface area contributed by atoms with Crippen LogP contribution in [0, 0.1) is 17.8 Å². The molecule has 0 aromatic heterocycles. The van der Waals surface area contributed by atoms with Gasteiger partial charge in [0.15, 0.2) is 0 Å². The van der Waals surface area contributed by atoms with Crippen LogP contribution in [0.1, 0.15) is 82.8 Å². The summed E-state index contributed by atoms with van der Waals surface area (Å²) in [6.45, 7) is 5.15.